The van der Waals surface area contributed by atoms with Gasteiger partial charge in [0.05, 0.1) is 54.4 Å². The highest BCUT2D eigenvalue weighted by Gasteiger charge is 2.59. The summed E-state index contributed by atoms with van der Waals surface area (Å²) in [6, 6.07) is 3.37. The number of ether oxygens (including phenoxy) is 12. The third-order valence-corrected chi connectivity index (χ3v) is 23.8. The number of fused-ring (bicyclic) bond motifs is 4. The lowest BCUT2D eigenvalue weighted by Gasteiger charge is -2.24. The molecule has 14 N–H and O–H groups in total. The van der Waals surface area contributed by atoms with Gasteiger partial charge in [-0.25, -0.2) is 32.6 Å². The number of aromatic amines is 4. The Labute approximate surface area is 744 Å². The number of aromatic nitrogens is 8. The number of esters is 4. The maximum atomic E-state index is 12.2. The normalized spacial score (nSPS) is 28.5. The fraction of sp³-hybridized carbons (Fsp3) is 0.551. The topological polar surface area (TPSA) is 708 Å². The van der Waals surface area contributed by atoms with Crippen molar-refractivity contribution in [3.05, 3.63) is 211 Å². The molecule has 3 saturated carbocycles. The van der Waals surface area contributed by atoms with Gasteiger partial charge in [-0.05, 0) is 110 Å². The van der Waals surface area contributed by atoms with Crippen LogP contribution < -0.4 is 45.0 Å². The SMILES string of the molecule is C1=CC2OC2C1.C1=CCC=C1.CC(=O)O.CC(=O)OC(C)=O.CC(=O)O[C@H]1C=C[C@@H](C)C1.CC(=O)O[C@H]1C=C[C@@H](O)C1.CC1(C)OC2C(O1)[C@@H](O)C[C@H]2n1ccc(=O)[nH]c1=O.CC1(C)OC2C(O1)[C@H](n1ccc(=O)[nH]c1=O)C[C@@H]2OCP(=O)(O)O.CC1(C)OC2C(O1)[C@H](n1ccc(=O)[nH]c1=O)C[C@@H]2OCP(=O)(O)OP(=O)(O)OP(=O)(O)O.O=c1ccn(C2=CC=C(O)C2)c(=O)[nH]1. The molecule has 8 aliphatic carbocycles. The molecule has 0 amide bonds. The van der Waals surface area contributed by atoms with Crippen molar-refractivity contribution in [1.82, 2.24) is 38.2 Å². The number of carbonyl (C=O) groups excluding carboxylic acids is 4. The van der Waals surface area contributed by atoms with E-state index in [1.165, 1.54) is 95.0 Å². The summed E-state index contributed by atoms with van der Waals surface area (Å²) in [5.74, 6) is -4.47. The van der Waals surface area contributed by atoms with Gasteiger partial charge in [-0.15, -0.1) is 0 Å². The molecule has 131 heavy (non-hydrogen) atoms. The highest BCUT2D eigenvalue weighted by atomic mass is 31.3. The number of aliphatic carboxylic acids is 1. The Bertz CT molecular complexity index is 5560. The Morgan fingerprint density at radius 1 is 0.496 bits per heavy atom. The van der Waals surface area contributed by atoms with Crippen molar-refractivity contribution in [2.75, 3.05) is 12.7 Å². The van der Waals surface area contributed by atoms with Gasteiger partial charge in [0.15, 0.2) is 17.4 Å². The van der Waals surface area contributed by atoms with Crippen LogP contribution in [0.4, 0.5) is 0 Å². The maximum Gasteiger partial charge on any atom is 0.488 e. The number of carbonyl (C=O) groups is 5. The molecule has 726 valence electrons. The third-order valence-electron chi connectivity index (χ3n) is 19.3. The minimum atomic E-state index is -5.60. The smallest absolute Gasteiger partial charge is 0.488 e. The number of H-pyrrole nitrogens is 4. The number of phosphoric acid groups is 2. The van der Waals surface area contributed by atoms with Crippen molar-refractivity contribution >= 4 is 66.4 Å². The van der Waals surface area contributed by atoms with E-state index in [1.807, 2.05) is 6.08 Å². The molecule has 20 atom stereocenters. The third kappa shape index (κ3) is 36.0. The Hall–Kier alpha value is -9.59. The molecule has 4 saturated heterocycles. The van der Waals surface area contributed by atoms with Crippen LogP contribution in [-0.4, -0.2) is 233 Å². The molecule has 10 unspecified atom stereocenters. The molecule has 7 fully saturated rings. The summed E-state index contributed by atoms with van der Waals surface area (Å²) in [7, 11) is -20.5. The summed E-state index contributed by atoms with van der Waals surface area (Å²) in [5.41, 5.74) is -3.65. The average Bonchev–Trinajstić information content (AvgIpc) is 1.61. The van der Waals surface area contributed by atoms with E-state index in [9.17, 15) is 90.7 Å². The van der Waals surface area contributed by atoms with Gasteiger partial charge in [-0.1, -0.05) is 55.5 Å². The summed E-state index contributed by atoms with van der Waals surface area (Å²) < 4.78 is 122. The summed E-state index contributed by atoms with van der Waals surface area (Å²) in [6.45, 7) is 18.5. The Kier molecular flexibility index (Phi) is 38.8. The number of epoxide rings is 1. The van der Waals surface area contributed by atoms with E-state index in [4.69, 9.17) is 91.8 Å². The molecule has 0 aromatic carbocycles. The van der Waals surface area contributed by atoms with Crippen LogP contribution in [0.1, 0.15) is 153 Å². The van der Waals surface area contributed by atoms with Crippen LogP contribution in [-0.2, 0) is 108 Å². The summed E-state index contributed by atoms with van der Waals surface area (Å²) in [6.07, 6.45) is 26.1. The molecular formula is C78H108N8O41P4. The summed E-state index contributed by atoms with van der Waals surface area (Å²) >= 11 is 0. The quantitative estimate of drug-likeness (QED) is 0.0191. The van der Waals surface area contributed by atoms with Crippen LogP contribution in [0.25, 0.3) is 5.70 Å². The second kappa shape index (κ2) is 46.9. The number of allylic oxidation sites excluding steroid dienone is 8. The first-order chi connectivity index (χ1) is 60.8. The molecule has 49 nitrogen and oxygen atoms in total. The van der Waals surface area contributed by atoms with Gasteiger partial charge in [-0.3, -0.25) is 90.5 Å². The number of nitrogens with one attached hydrogen (secondary N) is 4. The van der Waals surface area contributed by atoms with E-state index < -0.39 is 197 Å². The fourth-order valence-electron chi connectivity index (χ4n) is 14.5. The van der Waals surface area contributed by atoms with Gasteiger partial charge in [0.2, 0.25) is 0 Å². The van der Waals surface area contributed by atoms with E-state index in [0.717, 1.165) is 32.3 Å². The first-order valence-electron chi connectivity index (χ1n) is 40.2. The van der Waals surface area contributed by atoms with E-state index in [1.54, 1.807) is 59.8 Å². The van der Waals surface area contributed by atoms with E-state index in [2.05, 4.69) is 82.7 Å². The van der Waals surface area contributed by atoms with Crippen LogP contribution in [0.15, 0.2) is 166 Å². The number of rotatable bonds is 16. The summed E-state index contributed by atoms with van der Waals surface area (Å²) in [4.78, 5) is 204. The number of nitrogens with zero attached hydrogens (tertiary/aromatic N) is 4. The molecule has 12 aliphatic rings. The molecule has 53 heteroatoms. The lowest BCUT2D eigenvalue weighted by molar-refractivity contribution is -0.169. The Balaban J connectivity index is 0.000000212. The molecular weight excluding hydrogens is 1830 g/mol. The number of hydrogen-bond donors (Lipinski definition) is 14. The van der Waals surface area contributed by atoms with Crippen LogP contribution in [0.3, 0.4) is 0 Å². The zero-order chi connectivity index (χ0) is 97.8. The van der Waals surface area contributed by atoms with Crippen LogP contribution in [0.2, 0.25) is 0 Å². The predicted octanol–water partition coefficient (Wildman–Crippen LogP) is 3.02. The Morgan fingerprint density at radius 2 is 0.908 bits per heavy atom. The van der Waals surface area contributed by atoms with Crippen molar-refractivity contribution in [1.29, 1.82) is 0 Å². The zero-order valence-electron chi connectivity index (χ0n) is 72.7. The minimum Gasteiger partial charge on any atom is -0.512 e. The van der Waals surface area contributed by atoms with Crippen LogP contribution in [0.5, 0.6) is 0 Å². The molecule has 4 aromatic heterocycles. The van der Waals surface area contributed by atoms with Crippen molar-refractivity contribution in [2.45, 2.75) is 255 Å². The molecule has 8 heterocycles. The number of aliphatic hydroxyl groups is 3. The largest absolute Gasteiger partial charge is 0.512 e. The monoisotopic (exact) mass is 1940 g/mol. The standard InChI is InChI=1S/C13H21N2O14P3.C13H19N2O8P.C12H16N2O5.C9H8N2O3.C8H12O2.C7H10O3.C5H6O.C5H6.C4H6O3.C2H4O2/c1-13(2)26-10-7(15-4-3-9(16)14-12(15)17)5-8(11(10)27-13)25-6-30(18,19)28-32(23,24)29-31(20,21)22;1-13(2)22-10-7(15-4-3-9(16)14-12(15)17)5-8(11(10)23-13)21-6-24(18,19)20;1-12(2)18-9-6(5-7(15)10(9)19-12)14-4-3-8(16)13-11(14)17;12-7-2-1-6(5-7)11-4-3-8(13)10-9(11)14;1-6-3-4-8(5-6)10-7(2)9;1-5(8)10-7-3-2-6(9)4-7;1-2-4-5(3-1)6-4;1-2-4-5-3-1;1-3(5)7-4(2)6;1-2(3)4/h3-4,7-8,10-11H,5-6H2,1-2H3,(H,18,19)(H,23,24)(H,14,16,17)(H2,20,21,22);3-4,7-8,10-11H,5-6H2,1-2H3,(H,14,16,17)(H2,18,19,20);3-4,6-7,9-10,15H,5H2,1-2H3,(H,13,16,17);1-4,12H,5H2,(H,10,13,14);3-4,6,8H,5H2,1-2H3;2-3,6-7,9H,4H2,1H3;1-2,4-5H,3H2;1-4H,5H2;1-2H3;1H3,(H,3,4)/t2*7-,8+,10?,11?;6-,7+,9?,10?;;6-,8+;6-,7+;;;;/m111.11..../s1. The van der Waals surface area contributed by atoms with E-state index in [-0.39, 0.29) is 48.8 Å². The number of carboxylic acid groups (broad SMARTS) is 1. The summed E-state index contributed by atoms with van der Waals surface area (Å²) in [5, 5.41) is 35.5. The van der Waals surface area contributed by atoms with Gasteiger partial charge in [0, 0.05) is 102 Å². The second-order valence-electron chi connectivity index (χ2n) is 31.9. The number of carboxylic acids is 1. The van der Waals surface area contributed by atoms with Crippen LogP contribution >= 0.6 is 30.8 Å². The second-order valence-corrected chi connectivity index (χ2v) is 38.2. The first kappa shape index (κ1) is 108. The van der Waals surface area contributed by atoms with Crippen molar-refractivity contribution in [3.63, 3.8) is 0 Å². The van der Waals surface area contributed by atoms with Gasteiger partial charge in [-0.2, -0.15) is 4.31 Å². The lowest BCUT2D eigenvalue weighted by Crippen LogP contribution is -2.36. The molecule has 0 bridgehead atoms. The van der Waals surface area contributed by atoms with E-state index >= 15 is 0 Å². The molecule has 16 rings (SSSR count). The Morgan fingerprint density at radius 3 is 1.24 bits per heavy atom. The zero-order valence-corrected chi connectivity index (χ0v) is 76.3. The highest BCUT2D eigenvalue weighted by Crippen LogP contribution is 2.66. The van der Waals surface area contributed by atoms with Gasteiger partial charge < -0.3 is 107 Å². The minimum absolute atomic E-state index is 0.0210. The lowest BCUT2D eigenvalue weighted by atomic mass is 10.1. The van der Waals surface area contributed by atoms with Crippen molar-refractivity contribution in [2.24, 2.45) is 5.92 Å². The van der Waals surface area contributed by atoms with Crippen molar-refractivity contribution < 1.29 is 157 Å². The van der Waals surface area contributed by atoms with Gasteiger partial charge >= 0.3 is 77.5 Å². The van der Waals surface area contributed by atoms with Gasteiger partial charge in [0.25, 0.3) is 28.2 Å². The predicted molar refractivity (Wildman–Crippen MR) is 454 cm³/mol. The number of hydrogen-bond acceptors (Lipinski definition) is 34. The van der Waals surface area contributed by atoms with Gasteiger partial charge in [0.1, 0.15) is 67.6 Å². The highest BCUT2D eigenvalue weighted by molar-refractivity contribution is 7.68. The molecule has 0 radical (unpaired) electrons. The molecule has 0 spiro atoms. The first-order valence-corrected chi connectivity index (χ1v) is 46.8. The van der Waals surface area contributed by atoms with Crippen LogP contribution in [0, 0.1) is 5.92 Å². The maximum absolute atomic E-state index is 12.2. The molecule has 4 aromatic rings. The molecule has 4 aliphatic heterocycles. The van der Waals surface area contributed by atoms with E-state index in [0.29, 0.717) is 43.1 Å². The number of aliphatic hydroxyl groups excluding tert-OH is 3. The fourth-order valence-corrected chi connectivity index (χ4v) is 18.2. The average molecular weight is 1940 g/mol. The van der Waals surface area contributed by atoms with Crippen molar-refractivity contribution in [3.8, 4) is 0 Å².